The number of imide groups is 1. The number of hydrogen-bond donors (Lipinski definition) is 2. The van der Waals surface area contributed by atoms with E-state index in [0.717, 1.165) is 37.4 Å². The fourth-order valence-electron chi connectivity index (χ4n) is 3.00. The largest absolute Gasteiger partial charge is 0.452 e. The number of hydrogen-bond acceptors (Lipinski definition) is 7. The van der Waals surface area contributed by atoms with E-state index < -0.39 is 24.0 Å². The highest BCUT2D eigenvalue weighted by Gasteiger charge is 2.22. The van der Waals surface area contributed by atoms with Gasteiger partial charge in [-0.3, -0.25) is 14.9 Å². The second-order valence-corrected chi connectivity index (χ2v) is 7.59. The number of carbonyl (C=O) groups excluding carboxylic acids is 3. The fraction of sp³-hybridized carbons (Fsp3) is 0.474. The third-order valence-corrected chi connectivity index (χ3v) is 5.24. The summed E-state index contributed by atoms with van der Waals surface area (Å²) in [4.78, 5) is 40.1. The van der Waals surface area contributed by atoms with E-state index in [1.807, 2.05) is 18.2 Å². The Hall–Kier alpha value is -2.55. The summed E-state index contributed by atoms with van der Waals surface area (Å²) in [5.41, 5.74) is 1.34. The molecule has 0 spiro atoms. The van der Waals surface area contributed by atoms with Crippen LogP contribution >= 0.6 is 11.8 Å². The zero-order valence-electron chi connectivity index (χ0n) is 15.6. The molecule has 0 aliphatic heterocycles. The molecule has 0 radical (unpaired) electrons. The number of oxazole rings is 1. The van der Waals surface area contributed by atoms with Crippen molar-refractivity contribution in [3.05, 3.63) is 24.3 Å². The SMILES string of the molecule is C[C@H](OC(=O)CSc1nc2ccccc2o1)C(=O)NC(=O)NC1CCCCC1. The topological polar surface area (TPSA) is 111 Å². The van der Waals surface area contributed by atoms with Crippen molar-refractivity contribution in [3.63, 3.8) is 0 Å². The summed E-state index contributed by atoms with van der Waals surface area (Å²) in [6.07, 6.45) is 4.08. The number of para-hydroxylation sites is 2. The Balaban J connectivity index is 1.40. The Kier molecular flexibility index (Phi) is 6.91. The average molecular weight is 405 g/mol. The second kappa shape index (κ2) is 9.59. The number of amides is 3. The van der Waals surface area contributed by atoms with Crippen LogP contribution in [-0.2, 0) is 14.3 Å². The third kappa shape index (κ3) is 5.72. The number of urea groups is 1. The maximum Gasteiger partial charge on any atom is 0.321 e. The lowest BCUT2D eigenvalue weighted by Gasteiger charge is -2.23. The molecule has 3 rings (SSSR count). The Morgan fingerprint density at radius 1 is 1.25 bits per heavy atom. The summed E-state index contributed by atoms with van der Waals surface area (Å²) >= 11 is 1.08. The van der Waals surface area contributed by atoms with Crippen LogP contribution in [0.25, 0.3) is 11.1 Å². The van der Waals surface area contributed by atoms with Gasteiger partial charge in [0.15, 0.2) is 11.7 Å². The number of nitrogens with one attached hydrogen (secondary N) is 2. The van der Waals surface area contributed by atoms with Gasteiger partial charge in [0.05, 0.1) is 0 Å². The molecule has 28 heavy (non-hydrogen) atoms. The lowest BCUT2D eigenvalue weighted by Crippen LogP contribution is -2.48. The zero-order valence-corrected chi connectivity index (χ0v) is 16.4. The fourth-order valence-corrected chi connectivity index (χ4v) is 3.62. The minimum atomic E-state index is -1.08. The van der Waals surface area contributed by atoms with Crippen molar-refractivity contribution in [2.75, 3.05) is 5.75 Å². The van der Waals surface area contributed by atoms with Gasteiger partial charge in [0.2, 0.25) is 0 Å². The summed E-state index contributed by atoms with van der Waals surface area (Å²) in [5, 5.41) is 5.35. The predicted molar refractivity (Wildman–Crippen MR) is 104 cm³/mol. The van der Waals surface area contributed by atoms with Crippen molar-refractivity contribution in [2.24, 2.45) is 0 Å². The van der Waals surface area contributed by atoms with Crippen LogP contribution < -0.4 is 10.6 Å². The summed E-state index contributed by atoms with van der Waals surface area (Å²) in [5.74, 6) is -1.31. The van der Waals surface area contributed by atoms with E-state index in [4.69, 9.17) is 9.15 Å². The molecule has 2 aromatic rings. The van der Waals surface area contributed by atoms with E-state index in [1.54, 1.807) is 6.07 Å². The van der Waals surface area contributed by atoms with E-state index in [0.29, 0.717) is 16.3 Å². The first kappa shape index (κ1) is 20.2. The summed E-state index contributed by atoms with van der Waals surface area (Å²) in [6.45, 7) is 1.42. The third-order valence-electron chi connectivity index (χ3n) is 4.44. The molecule has 150 valence electrons. The Bertz CT molecular complexity index is 814. The second-order valence-electron chi connectivity index (χ2n) is 6.67. The number of fused-ring (bicyclic) bond motifs is 1. The van der Waals surface area contributed by atoms with Gasteiger partial charge in [0, 0.05) is 6.04 Å². The first-order valence-electron chi connectivity index (χ1n) is 9.30. The van der Waals surface area contributed by atoms with Crippen LogP contribution in [0.15, 0.2) is 33.9 Å². The summed E-state index contributed by atoms with van der Waals surface area (Å²) in [7, 11) is 0. The standard InChI is InChI=1S/C19H23N3O5S/c1-12(17(24)22-18(25)20-13-7-3-2-4-8-13)26-16(23)11-28-19-21-14-9-5-6-10-15(14)27-19/h5-6,9-10,12-13H,2-4,7-8,11H2,1H3,(H2,20,22,24,25)/t12-/m0/s1. The van der Waals surface area contributed by atoms with Crippen molar-refractivity contribution in [2.45, 2.75) is 56.4 Å². The first-order chi connectivity index (χ1) is 13.5. The molecule has 1 aromatic carbocycles. The Labute approximate surface area is 166 Å². The number of carbonyl (C=O) groups is 3. The maximum atomic E-state index is 12.0. The smallest absolute Gasteiger partial charge is 0.321 e. The molecule has 3 amide bonds. The van der Waals surface area contributed by atoms with Crippen LogP contribution in [-0.4, -0.2) is 40.8 Å². The van der Waals surface area contributed by atoms with Crippen LogP contribution in [0.3, 0.4) is 0 Å². The van der Waals surface area contributed by atoms with Crippen LogP contribution in [0.1, 0.15) is 39.0 Å². The van der Waals surface area contributed by atoms with Gasteiger partial charge in [-0.25, -0.2) is 9.78 Å². The van der Waals surface area contributed by atoms with Gasteiger partial charge in [-0.1, -0.05) is 43.2 Å². The number of rotatable bonds is 6. The summed E-state index contributed by atoms with van der Waals surface area (Å²) < 4.78 is 10.6. The first-order valence-corrected chi connectivity index (χ1v) is 10.3. The molecular weight excluding hydrogens is 382 g/mol. The van der Waals surface area contributed by atoms with Crippen molar-refractivity contribution in [1.82, 2.24) is 15.6 Å². The molecule has 1 atom stereocenters. The molecular formula is C19H23N3O5S. The van der Waals surface area contributed by atoms with Crippen LogP contribution in [0.2, 0.25) is 0 Å². The number of aromatic nitrogens is 1. The molecule has 9 heteroatoms. The van der Waals surface area contributed by atoms with Crippen LogP contribution in [0.5, 0.6) is 0 Å². The van der Waals surface area contributed by atoms with Crippen molar-refractivity contribution < 1.29 is 23.5 Å². The summed E-state index contributed by atoms with van der Waals surface area (Å²) in [6, 6.07) is 6.81. The van der Waals surface area contributed by atoms with Crippen molar-refractivity contribution in [1.29, 1.82) is 0 Å². The highest BCUT2D eigenvalue weighted by atomic mass is 32.2. The van der Waals surface area contributed by atoms with Crippen molar-refractivity contribution >= 4 is 40.8 Å². The molecule has 1 aliphatic rings. The molecule has 1 fully saturated rings. The number of thioether (sulfide) groups is 1. The van der Waals surface area contributed by atoms with Gasteiger partial charge in [-0.2, -0.15) is 0 Å². The van der Waals surface area contributed by atoms with E-state index in [2.05, 4.69) is 15.6 Å². The van der Waals surface area contributed by atoms with Gasteiger partial charge in [0.25, 0.3) is 11.1 Å². The molecule has 2 N–H and O–H groups in total. The zero-order chi connectivity index (χ0) is 19.9. The monoisotopic (exact) mass is 405 g/mol. The van der Waals surface area contributed by atoms with Crippen LogP contribution in [0.4, 0.5) is 4.79 Å². The van der Waals surface area contributed by atoms with Gasteiger partial charge in [0.1, 0.15) is 11.3 Å². The molecule has 0 saturated heterocycles. The molecule has 0 unspecified atom stereocenters. The van der Waals surface area contributed by atoms with Gasteiger partial charge >= 0.3 is 12.0 Å². The lowest BCUT2D eigenvalue weighted by molar-refractivity contribution is -0.151. The van der Waals surface area contributed by atoms with Crippen LogP contribution in [0, 0.1) is 0 Å². The van der Waals surface area contributed by atoms with Gasteiger partial charge in [-0.15, -0.1) is 0 Å². The van der Waals surface area contributed by atoms with E-state index >= 15 is 0 Å². The van der Waals surface area contributed by atoms with Gasteiger partial charge < -0.3 is 14.5 Å². The molecule has 1 aliphatic carbocycles. The minimum absolute atomic E-state index is 0.0568. The molecule has 1 saturated carbocycles. The maximum absolute atomic E-state index is 12.0. The molecule has 1 aromatic heterocycles. The minimum Gasteiger partial charge on any atom is -0.452 e. The molecule has 8 nitrogen and oxygen atoms in total. The number of esters is 1. The van der Waals surface area contributed by atoms with E-state index in [9.17, 15) is 14.4 Å². The predicted octanol–water partition coefficient (Wildman–Crippen LogP) is 3.01. The molecule has 0 bridgehead atoms. The van der Waals surface area contributed by atoms with E-state index in [-0.39, 0.29) is 11.8 Å². The average Bonchev–Trinajstić information content (AvgIpc) is 3.10. The quantitative estimate of drug-likeness (QED) is 0.561. The number of nitrogens with zero attached hydrogens (tertiary/aromatic N) is 1. The number of benzene rings is 1. The number of ether oxygens (including phenoxy) is 1. The van der Waals surface area contributed by atoms with Crippen molar-refractivity contribution in [3.8, 4) is 0 Å². The lowest BCUT2D eigenvalue weighted by atomic mass is 9.96. The normalized spacial score (nSPS) is 15.8. The van der Waals surface area contributed by atoms with Gasteiger partial charge in [-0.05, 0) is 31.9 Å². The highest BCUT2D eigenvalue weighted by Crippen LogP contribution is 2.23. The molecule has 1 heterocycles. The Morgan fingerprint density at radius 2 is 2.00 bits per heavy atom. The highest BCUT2D eigenvalue weighted by molar-refractivity contribution is 7.99. The van der Waals surface area contributed by atoms with E-state index in [1.165, 1.54) is 13.3 Å². The Morgan fingerprint density at radius 3 is 2.75 bits per heavy atom.